The van der Waals surface area contributed by atoms with Gasteiger partial charge < -0.3 is 37.6 Å². The van der Waals surface area contributed by atoms with E-state index in [1.807, 2.05) is 0 Å². The highest BCUT2D eigenvalue weighted by atomic mass is 16.4. The first kappa shape index (κ1) is 22.0. The van der Waals surface area contributed by atoms with E-state index in [0.717, 1.165) is 0 Å². The highest BCUT2D eigenvalue weighted by molar-refractivity contribution is 5.80. The first-order valence-electron chi connectivity index (χ1n) is 4.62. The van der Waals surface area contributed by atoms with Gasteiger partial charge in [-0.25, -0.2) is 0 Å². The van der Waals surface area contributed by atoms with Gasteiger partial charge >= 0.3 is 23.9 Å². The monoisotopic (exact) mass is 283 g/mol. The maximum atomic E-state index is 9.85. The topological polar surface area (TPSA) is 227 Å². The smallest absolute Gasteiger partial charge is 0.321 e. The van der Waals surface area contributed by atoms with Crippen molar-refractivity contribution in [2.45, 2.75) is 12.5 Å². The Hall–Kier alpha value is -2.24. The van der Waals surface area contributed by atoms with Gasteiger partial charge in [0.1, 0.15) is 6.04 Å². The zero-order valence-corrected chi connectivity index (χ0v) is 9.85. The lowest BCUT2D eigenvalue weighted by atomic mass is 10.2. The predicted octanol–water partition coefficient (Wildman–Crippen LogP) is -3.07. The van der Waals surface area contributed by atoms with Gasteiger partial charge in [-0.3, -0.25) is 19.2 Å². The number of carboxylic acid groups (broad SMARTS) is 4. The Morgan fingerprint density at radius 3 is 1.11 bits per heavy atom. The van der Waals surface area contributed by atoms with Crippen LogP contribution < -0.4 is 17.2 Å². The fraction of sp³-hybridized carbons (Fsp3) is 0.500. The summed E-state index contributed by atoms with van der Waals surface area (Å²) < 4.78 is 0. The minimum Gasteiger partial charge on any atom is -0.481 e. The third-order valence-electron chi connectivity index (χ3n) is 1.06. The number of hydrogen-bond acceptors (Lipinski definition) is 7. The number of nitrogens with two attached hydrogens (primary N) is 3. The van der Waals surface area contributed by atoms with E-state index >= 15 is 0 Å². The summed E-state index contributed by atoms with van der Waals surface area (Å²) in [4.78, 5) is 38.1. The molecule has 0 fully saturated rings. The first-order valence-corrected chi connectivity index (χ1v) is 4.62. The molecule has 1 atom stereocenters. The Morgan fingerprint density at radius 1 is 0.789 bits per heavy atom. The number of hydrogen-bond donors (Lipinski definition) is 7. The van der Waals surface area contributed by atoms with Crippen LogP contribution in [0.4, 0.5) is 0 Å². The van der Waals surface area contributed by atoms with Crippen molar-refractivity contribution in [2.75, 3.05) is 13.1 Å². The predicted molar refractivity (Wildman–Crippen MR) is 61.2 cm³/mol. The number of carbonyl (C=O) groups is 4. The lowest BCUT2D eigenvalue weighted by Crippen LogP contribution is -2.32. The molecule has 0 aromatic carbocycles. The van der Waals surface area contributed by atoms with Gasteiger partial charge in [0, 0.05) is 0 Å². The molecule has 0 aliphatic carbocycles. The maximum absolute atomic E-state index is 9.85. The average molecular weight is 283 g/mol. The molecule has 0 radical (unpaired) electrons. The molecule has 11 heteroatoms. The summed E-state index contributed by atoms with van der Waals surface area (Å²) in [6, 6.07) is -1.29. The second-order valence-corrected chi connectivity index (χ2v) is 2.74. The van der Waals surface area contributed by atoms with E-state index in [9.17, 15) is 19.2 Å². The zero-order valence-electron chi connectivity index (χ0n) is 9.85. The minimum atomic E-state index is -1.29. The highest BCUT2D eigenvalue weighted by Gasteiger charge is 2.14. The van der Waals surface area contributed by atoms with Crippen molar-refractivity contribution in [1.82, 2.24) is 0 Å². The molecule has 0 heterocycles. The molecule has 0 aromatic heterocycles. The van der Waals surface area contributed by atoms with Gasteiger partial charge in [0.25, 0.3) is 0 Å². The van der Waals surface area contributed by atoms with Gasteiger partial charge in [0.05, 0.1) is 19.5 Å². The van der Waals surface area contributed by atoms with Crippen molar-refractivity contribution in [3.8, 4) is 0 Å². The van der Waals surface area contributed by atoms with Crippen molar-refractivity contribution >= 4 is 23.9 Å². The SMILES string of the molecule is NCC(=O)O.NCC(=O)O.N[C@@H](CC(=O)O)C(=O)O. The molecule has 0 aliphatic rings. The summed E-state index contributed by atoms with van der Waals surface area (Å²) in [5.41, 5.74) is 14.0. The van der Waals surface area contributed by atoms with Crippen LogP contribution in [0.3, 0.4) is 0 Å². The van der Waals surface area contributed by atoms with Crippen LogP contribution in [0.1, 0.15) is 6.42 Å². The molecule has 112 valence electrons. The Kier molecular flexibility index (Phi) is 16.0. The molecule has 19 heavy (non-hydrogen) atoms. The van der Waals surface area contributed by atoms with Gasteiger partial charge in [-0.15, -0.1) is 0 Å². The average Bonchev–Trinajstić information content (AvgIpc) is 2.29. The van der Waals surface area contributed by atoms with E-state index < -0.39 is 36.3 Å². The van der Waals surface area contributed by atoms with Crippen LogP contribution >= 0.6 is 0 Å². The van der Waals surface area contributed by atoms with Crippen LogP contribution in [0.2, 0.25) is 0 Å². The van der Waals surface area contributed by atoms with E-state index in [-0.39, 0.29) is 13.1 Å². The second-order valence-electron chi connectivity index (χ2n) is 2.74. The Balaban J connectivity index is -0.000000219. The maximum Gasteiger partial charge on any atom is 0.321 e. The first-order chi connectivity index (χ1) is 8.58. The Labute approximate surface area is 107 Å². The summed E-state index contributed by atoms with van der Waals surface area (Å²) in [6.07, 6.45) is -0.532. The van der Waals surface area contributed by atoms with E-state index in [4.69, 9.17) is 26.2 Å². The third kappa shape index (κ3) is 31.3. The van der Waals surface area contributed by atoms with Crippen molar-refractivity contribution in [3.63, 3.8) is 0 Å². The molecule has 0 saturated heterocycles. The van der Waals surface area contributed by atoms with Crippen LogP contribution in [0.5, 0.6) is 0 Å². The largest absolute Gasteiger partial charge is 0.481 e. The molecule has 0 bridgehead atoms. The lowest BCUT2D eigenvalue weighted by Gasteiger charge is -1.99. The number of rotatable bonds is 5. The lowest BCUT2D eigenvalue weighted by molar-refractivity contribution is -0.144. The van der Waals surface area contributed by atoms with E-state index in [2.05, 4.69) is 11.5 Å². The number of aliphatic carboxylic acids is 4. The fourth-order valence-electron chi connectivity index (χ4n) is 0.275. The summed E-state index contributed by atoms with van der Waals surface area (Å²) in [7, 11) is 0. The molecule has 0 spiro atoms. The molecule has 0 aromatic rings. The van der Waals surface area contributed by atoms with Gasteiger partial charge in [0.15, 0.2) is 0 Å². The molecule has 0 aliphatic heterocycles. The molecular formula is C8H17N3O8. The van der Waals surface area contributed by atoms with Crippen LogP contribution in [-0.4, -0.2) is 63.4 Å². The van der Waals surface area contributed by atoms with Gasteiger partial charge in [0.2, 0.25) is 0 Å². The van der Waals surface area contributed by atoms with Crippen molar-refractivity contribution < 1.29 is 39.6 Å². The molecule has 11 nitrogen and oxygen atoms in total. The molecule has 0 saturated carbocycles. The van der Waals surface area contributed by atoms with Crippen LogP contribution in [-0.2, 0) is 19.2 Å². The summed E-state index contributed by atoms with van der Waals surface area (Å²) in [5, 5.41) is 31.2. The molecule has 0 rings (SSSR count). The molecule has 10 N–H and O–H groups in total. The van der Waals surface area contributed by atoms with Crippen LogP contribution in [0, 0.1) is 0 Å². The summed E-state index contributed by atoms with van der Waals surface area (Å²) >= 11 is 0. The zero-order chi connectivity index (χ0) is 16.0. The Morgan fingerprint density at radius 2 is 1.05 bits per heavy atom. The van der Waals surface area contributed by atoms with Crippen molar-refractivity contribution in [2.24, 2.45) is 17.2 Å². The van der Waals surface area contributed by atoms with Crippen molar-refractivity contribution in [3.05, 3.63) is 0 Å². The normalized spacial score (nSPS) is 9.84. The third-order valence-corrected chi connectivity index (χ3v) is 1.06. The van der Waals surface area contributed by atoms with E-state index in [0.29, 0.717) is 0 Å². The molecule has 0 amide bonds. The second kappa shape index (κ2) is 13.8. The summed E-state index contributed by atoms with van der Waals surface area (Å²) in [6.45, 7) is -0.556. The standard InChI is InChI=1S/C4H7NO4.2C2H5NO2/c5-2(4(8)9)1-3(6)7;2*3-1-2(4)5/h2H,1,5H2,(H,6,7)(H,8,9);2*1,3H2,(H,4,5)/t2-;;/m0../s1. The van der Waals surface area contributed by atoms with Gasteiger partial charge in [-0.05, 0) is 0 Å². The molecule has 0 unspecified atom stereocenters. The molecular weight excluding hydrogens is 266 g/mol. The van der Waals surface area contributed by atoms with E-state index in [1.54, 1.807) is 0 Å². The Bertz CT molecular complexity index is 292. The van der Waals surface area contributed by atoms with Gasteiger partial charge in [-0.2, -0.15) is 0 Å². The fourth-order valence-corrected chi connectivity index (χ4v) is 0.275. The quantitative estimate of drug-likeness (QED) is 0.267. The van der Waals surface area contributed by atoms with E-state index in [1.165, 1.54) is 0 Å². The van der Waals surface area contributed by atoms with Gasteiger partial charge in [-0.1, -0.05) is 0 Å². The van der Waals surface area contributed by atoms with Crippen molar-refractivity contribution in [1.29, 1.82) is 0 Å². The minimum absolute atomic E-state index is 0.278. The van der Waals surface area contributed by atoms with Crippen LogP contribution in [0.15, 0.2) is 0 Å². The highest BCUT2D eigenvalue weighted by Crippen LogP contribution is 1.86. The number of carboxylic acids is 4. The summed E-state index contributed by atoms with van der Waals surface area (Å²) in [5.74, 6) is -4.43. The van der Waals surface area contributed by atoms with Crippen LogP contribution in [0.25, 0.3) is 0 Å².